The number of para-hydroxylation sites is 1. The quantitative estimate of drug-likeness (QED) is 0.700. The summed E-state index contributed by atoms with van der Waals surface area (Å²) >= 11 is 5.73. The average Bonchev–Trinajstić information content (AvgIpc) is 2.60. The molecule has 6 nitrogen and oxygen atoms in total. The van der Waals surface area contributed by atoms with Crippen LogP contribution in [0.25, 0.3) is 0 Å². The Bertz CT molecular complexity index is 953. The molecule has 0 saturated carbocycles. The summed E-state index contributed by atoms with van der Waals surface area (Å²) in [5.74, 6) is -0.487. The molecule has 1 N–H and O–H groups in total. The summed E-state index contributed by atoms with van der Waals surface area (Å²) in [7, 11) is -3.78. The topological polar surface area (TPSA) is 75.7 Å². The Labute approximate surface area is 169 Å². The minimum absolute atomic E-state index is 0.105. The molecule has 152 valence electrons. The Morgan fingerprint density at radius 1 is 1.29 bits per heavy atom. The van der Waals surface area contributed by atoms with Crippen molar-refractivity contribution in [2.45, 2.75) is 19.9 Å². The van der Waals surface area contributed by atoms with E-state index >= 15 is 0 Å². The minimum Gasteiger partial charge on any atom is -0.491 e. The molecule has 0 unspecified atom stereocenters. The third kappa shape index (κ3) is 6.10. The molecule has 0 saturated heterocycles. The Kier molecular flexibility index (Phi) is 7.26. The van der Waals surface area contributed by atoms with Gasteiger partial charge in [0.05, 0.1) is 23.0 Å². The molecule has 2 aromatic rings. The molecule has 2 rings (SSSR count). The molecule has 0 aliphatic rings. The first kappa shape index (κ1) is 22.0. The number of aryl methyl sites for hydroxylation is 1. The van der Waals surface area contributed by atoms with Crippen LogP contribution < -0.4 is 14.4 Å². The summed E-state index contributed by atoms with van der Waals surface area (Å²) < 4.78 is 44.1. The summed E-state index contributed by atoms with van der Waals surface area (Å²) in [6.07, 6.45) is 0.961. The highest BCUT2D eigenvalue weighted by molar-refractivity contribution is 7.92. The fourth-order valence-corrected chi connectivity index (χ4v) is 3.49. The van der Waals surface area contributed by atoms with Gasteiger partial charge in [0.1, 0.15) is 24.7 Å². The summed E-state index contributed by atoms with van der Waals surface area (Å²) in [6, 6.07) is 10.6. The molecule has 0 radical (unpaired) electrons. The van der Waals surface area contributed by atoms with Crippen molar-refractivity contribution in [2.75, 3.05) is 23.7 Å². The monoisotopic (exact) mass is 428 g/mol. The van der Waals surface area contributed by atoms with Crippen LogP contribution in [0.3, 0.4) is 0 Å². The zero-order valence-electron chi connectivity index (χ0n) is 15.8. The Morgan fingerprint density at radius 3 is 2.57 bits per heavy atom. The first-order valence-corrected chi connectivity index (χ1v) is 10.7. The number of benzene rings is 2. The van der Waals surface area contributed by atoms with Gasteiger partial charge in [0, 0.05) is 0 Å². The lowest BCUT2D eigenvalue weighted by Crippen LogP contribution is -2.44. The fourth-order valence-electron chi connectivity index (χ4n) is 2.47. The average molecular weight is 429 g/mol. The number of nitrogens with one attached hydrogen (secondary N) is 1. The summed E-state index contributed by atoms with van der Waals surface area (Å²) in [4.78, 5) is 12.3. The predicted molar refractivity (Wildman–Crippen MR) is 108 cm³/mol. The predicted octanol–water partition coefficient (Wildman–Crippen LogP) is 3.14. The molecule has 2 aromatic carbocycles. The lowest BCUT2D eigenvalue weighted by atomic mass is 10.2. The molecule has 0 aliphatic heterocycles. The molecule has 0 spiro atoms. The van der Waals surface area contributed by atoms with Crippen molar-refractivity contribution in [3.05, 3.63) is 58.9 Å². The zero-order chi connectivity index (χ0) is 20.9. The second-order valence-corrected chi connectivity index (χ2v) is 8.73. The van der Waals surface area contributed by atoms with E-state index in [1.165, 1.54) is 6.07 Å². The van der Waals surface area contributed by atoms with Crippen molar-refractivity contribution in [2.24, 2.45) is 0 Å². The standard InChI is InChI=1S/C19H22ClFN2O4S/c1-13-6-4-5-7-18(13)27-12-14(2)22-19(24)11-23(28(3,25)26)15-8-9-17(21)16(20)10-15/h4-10,14H,11-12H2,1-3H3,(H,22,24)/t14-/m0/s1. The number of nitrogens with zero attached hydrogens (tertiary/aromatic N) is 1. The maximum Gasteiger partial charge on any atom is 0.241 e. The molecular formula is C19H22ClFN2O4S. The van der Waals surface area contributed by atoms with Gasteiger partial charge in [0.25, 0.3) is 0 Å². The van der Waals surface area contributed by atoms with Crippen LogP contribution in [-0.2, 0) is 14.8 Å². The Morgan fingerprint density at radius 2 is 1.96 bits per heavy atom. The second kappa shape index (κ2) is 9.25. The highest BCUT2D eigenvalue weighted by Gasteiger charge is 2.22. The number of halogens is 2. The van der Waals surface area contributed by atoms with Gasteiger partial charge < -0.3 is 10.1 Å². The maximum atomic E-state index is 13.4. The summed E-state index contributed by atoms with van der Waals surface area (Å²) in [6.45, 7) is 3.42. The van der Waals surface area contributed by atoms with Gasteiger partial charge in [0.15, 0.2) is 0 Å². The largest absolute Gasteiger partial charge is 0.491 e. The van der Waals surface area contributed by atoms with Crippen molar-refractivity contribution in [1.29, 1.82) is 0 Å². The van der Waals surface area contributed by atoms with Crippen LogP contribution in [0.1, 0.15) is 12.5 Å². The number of rotatable bonds is 8. The number of amides is 1. The van der Waals surface area contributed by atoms with Gasteiger partial charge in [-0.05, 0) is 43.7 Å². The molecule has 1 amide bonds. The normalized spacial score (nSPS) is 12.3. The van der Waals surface area contributed by atoms with E-state index in [1.54, 1.807) is 6.92 Å². The van der Waals surface area contributed by atoms with E-state index in [1.807, 2.05) is 31.2 Å². The van der Waals surface area contributed by atoms with E-state index in [-0.39, 0.29) is 23.4 Å². The third-order valence-electron chi connectivity index (χ3n) is 3.87. The van der Waals surface area contributed by atoms with E-state index in [2.05, 4.69) is 5.32 Å². The van der Waals surface area contributed by atoms with Crippen LogP contribution in [0.15, 0.2) is 42.5 Å². The van der Waals surface area contributed by atoms with Crippen LogP contribution in [0.4, 0.5) is 10.1 Å². The molecule has 0 heterocycles. The highest BCUT2D eigenvalue weighted by Crippen LogP contribution is 2.24. The Hall–Kier alpha value is -2.32. The van der Waals surface area contributed by atoms with Gasteiger partial charge in [-0.25, -0.2) is 12.8 Å². The molecule has 0 aliphatic carbocycles. The minimum atomic E-state index is -3.78. The second-order valence-electron chi connectivity index (χ2n) is 6.41. The van der Waals surface area contributed by atoms with Crippen LogP contribution in [0, 0.1) is 12.7 Å². The van der Waals surface area contributed by atoms with E-state index < -0.39 is 28.3 Å². The van der Waals surface area contributed by atoms with Crippen LogP contribution >= 0.6 is 11.6 Å². The lowest BCUT2D eigenvalue weighted by Gasteiger charge is -2.23. The van der Waals surface area contributed by atoms with Crippen LogP contribution in [-0.4, -0.2) is 39.8 Å². The number of carbonyl (C=O) groups excluding carboxylic acids is 1. The molecule has 28 heavy (non-hydrogen) atoms. The maximum absolute atomic E-state index is 13.4. The first-order valence-electron chi connectivity index (χ1n) is 8.48. The van der Waals surface area contributed by atoms with Crippen molar-refractivity contribution >= 4 is 33.2 Å². The summed E-state index contributed by atoms with van der Waals surface area (Å²) in [5, 5.41) is 2.46. The summed E-state index contributed by atoms with van der Waals surface area (Å²) in [5.41, 5.74) is 1.07. The van der Waals surface area contributed by atoms with E-state index in [0.717, 1.165) is 28.3 Å². The van der Waals surface area contributed by atoms with Crippen LogP contribution in [0.2, 0.25) is 5.02 Å². The van der Waals surface area contributed by atoms with Gasteiger partial charge in [-0.2, -0.15) is 0 Å². The van der Waals surface area contributed by atoms with Gasteiger partial charge in [-0.15, -0.1) is 0 Å². The molecule has 0 bridgehead atoms. The smallest absolute Gasteiger partial charge is 0.241 e. The van der Waals surface area contributed by atoms with Crippen molar-refractivity contribution in [1.82, 2.24) is 5.32 Å². The van der Waals surface area contributed by atoms with Gasteiger partial charge in [-0.3, -0.25) is 9.10 Å². The van der Waals surface area contributed by atoms with Crippen molar-refractivity contribution in [3.63, 3.8) is 0 Å². The number of hydrogen-bond acceptors (Lipinski definition) is 4. The van der Waals surface area contributed by atoms with Gasteiger partial charge in [0.2, 0.25) is 15.9 Å². The number of carbonyl (C=O) groups is 1. The van der Waals surface area contributed by atoms with E-state index in [4.69, 9.17) is 16.3 Å². The molecule has 9 heteroatoms. The number of sulfonamides is 1. The number of anilines is 1. The van der Waals surface area contributed by atoms with Gasteiger partial charge in [-0.1, -0.05) is 29.8 Å². The fraction of sp³-hybridized carbons (Fsp3) is 0.316. The highest BCUT2D eigenvalue weighted by atomic mass is 35.5. The number of hydrogen-bond donors (Lipinski definition) is 1. The van der Waals surface area contributed by atoms with Crippen LogP contribution in [0.5, 0.6) is 5.75 Å². The first-order chi connectivity index (χ1) is 13.1. The van der Waals surface area contributed by atoms with Gasteiger partial charge >= 0.3 is 0 Å². The van der Waals surface area contributed by atoms with E-state index in [0.29, 0.717) is 5.75 Å². The lowest BCUT2D eigenvalue weighted by molar-refractivity contribution is -0.120. The third-order valence-corrected chi connectivity index (χ3v) is 5.30. The van der Waals surface area contributed by atoms with Crippen molar-refractivity contribution in [3.8, 4) is 5.75 Å². The number of ether oxygens (including phenoxy) is 1. The molecule has 0 fully saturated rings. The molecule has 0 aromatic heterocycles. The zero-order valence-corrected chi connectivity index (χ0v) is 17.3. The molecular weight excluding hydrogens is 407 g/mol. The SMILES string of the molecule is Cc1ccccc1OC[C@H](C)NC(=O)CN(c1ccc(F)c(Cl)c1)S(C)(=O)=O. The van der Waals surface area contributed by atoms with E-state index in [9.17, 15) is 17.6 Å². The Balaban J connectivity index is 2.01. The van der Waals surface area contributed by atoms with Crippen molar-refractivity contribution < 1.29 is 22.3 Å². The molecule has 1 atom stereocenters.